The third-order valence-corrected chi connectivity index (χ3v) is 3.90. The van der Waals surface area contributed by atoms with Gasteiger partial charge in [0, 0.05) is 5.56 Å². The van der Waals surface area contributed by atoms with Gasteiger partial charge in [0.1, 0.15) is 5.69 Å². The van der Waals surface area contributed by atoms with Crippen LogP contribution in [-0.2, 0) is 13.0 Å². The molecule has 2 aromatic heterocycles. The average molecular weight is 323 g/mol. The maximum Gasteiger partial charge on any atom is 0.394 e. The van der Waals surface area contributed by atoms with Crippen molar-refractivity contribution in [2.45, 2.75) is 19.1 Å². The molecule has 7 heteroatoms. The third kappa shape index (κ3) is 3.36. The van der Waals surface area contributed by atoms with Crippen LogP contribution in [0.4, 0.5) is 13.2 Å². The number of nitrogens with zero attached hydrogens (tertiary/aromatic N) is 3. The molecule has 0 radical (unpaired) electrons. The van der Waals surface area contributed by atoms with Crippen LogP contribution in [0.15, 0.2) is 47.2 Å². The van der Waals surface area contributed by atoms with Gasteiger partial charge in [-0.05, 0) is 22.4 Å². The van der Waals surface area contributed by atoms with Crippen molar-refractivity contribution in [1.29, 1.82) is 0 Å². The van der Waals surface area contributed by atoms with Gasteiger partial charge >= 0.3 is 6.18 Å². The number of hydrogen-bond acceptors (Lipinski definition) is 3. The minimum atomic E-state index is -4.31. The number of halogens is 3. The molecule has 2 heterocycles. The Kier molecular flexibility index (Phi) is 3.98. The Morgan fingerprint density at radius 1 is 1.09 bits per heavy atom. The van der Waals surface area contributed by atoms with E-state index in [1.165, 1.54) is 16.0 Å². The third-order valence-electron chi connectivity index (χ3n) is 3.17. The molecule has 22 heavy (non-hydrogen) atoms. The lowest BCUT2D eigenvalue weighted by Gasteiger charge is -2.10. The van der Waals surface area contributed by atoms with Crippen LogP contribution in [0.1, 0.15) is 11.3 Å². The van der Waals surface area contributed by atoms with E-state index in [1.54, 1.807) is 24.3 Å². The quantitative estimate of drug-likeness (QED) is 0.722. The molecular weight excluding hydrogens is 311 g/mol. The number of alkyl halides is 3. The van der Waals surface area contributed by atoms with Crippen molar-refractivity contribution < 1.29 is 13.2 Å². The highest BCUT2D eigenvalue weighted by molar-refractivity contribution is 7.07. The van der Waals surface area contributed by atoms with Crippen LogP contribution in [0, 0.1) is 0 Å². The molecule has 0 aliphatic carbocycles. The second kappa shape index (κ2) is 5.92. The van der Waals surface area contributed by atoms with Crippen LogP contribution in [0.25, 0.3) is 11.3 Å². The van der Waals surface area contributed by atoms with E-state index < -0.39 is 12.6 Å². The molecule has 0 bridgehead atoms. The maximum atomic E-state index is 12.9. The fourth-order valence-corrected chi connectivity index (χ4v) is 2.86. The van der Waals surface area contributed by atoms with Crippen molar-refractivity contribution in [1.82, 2.24) is 15.0 Å². The van der Waals surface area contributed by atoms with Crippen molar-refractivity contribution in [3.05, 3.63) is 58.4 Å². The van der Waals surface area contributed by atoms with Crippen LogP contribution in [0.2, 0.25) is 0 Å². The zero-order valence-corrected chi connectivity index (χ0v) is 12.2. The highest BCUT2D eigenvalue weighted by Crippen LogP contribution is 2.28. The summed E-state index contributed by atoms with van der Waals surface area (Å²) >= 11 is 1.50. The lowest BCUT2D eigenvalue weighted by atomic mass is 10.1. The minimum Gasteiger partial charge on any atom is -0.244 e. The standard InChI is InChI=1S/C15H12F3N3S/c16-15(17,18)8-13-14(12-4-2-1-3-5-12)19-20-21(13)9-11-6-7-22-10-11/h1-7,10H,8-9H2. The van der Waals surface area contributed by atoms with Crippen molar-refractivity contribution >= 4 is 11.3 Å². The summed E-state index contributed by atoms with van der Waals surface area (Å²) in [5.74, 6) is 0. The summed E-state index contributed by atoms with van der Waals surface area (Å²) in [6, 6.07) is 10.7. The second-order valence-electron chi connectivity index (χ2n) is 4.83. The summed E-state index contributed by atoms with van der Waals surface area (Å²) in [7, 11) is 0. The van der Waals surface area contributed by atoms with E-state index in [0.29, 0.717) is 5.56 Å². The maximum absolute atomic E-state index is 12.9. The minimum absolute atomic E-state index is 0.0879. The van der Waals surface area contributed by atoms with Crippen molar-refractivity contribution in [2.75, 3.05) is 0 Å². The molecule has 0 aliphatic rings. The molecule has 0 atom stereocenters. The molecule has 0 saturated heterocycles. The van der Waals surface area contributed by atoms with Gasteiger partial charge < -0.3 is 0 Å². The zero-order valence-electron chi connectivity index (χ0n) is 11.4. The van der Waals surface area contributed by atoms with Crippen LogP contribution in [0.3, 0.4) is 0 Å². The van der Waals surface area contributed by atoms with E-state index in [4.69, 9.17) is 0 Å². The molecule has 3 rings (SSSR count). The number of thiophene rings is 1. The fourth-order valence-electron chi connectivity index (χ4n) is 2.20. The Morgan fingerprint density at radius 3 is 2.50 bits per heavy atom. The first kappa shape index (κ1) is 14.8. The van der Waals surface area contributed by atoms with Crippen molar-refractivity contribution in [2.24, 2.45) is 0 Å². The molecule has 0 fully saturated rings. The van der Waals surface area contributed by atoms with E-state index in [2.05, 4.69) is 10.3 Å². The predicted molar refractivity (Wildman–Crippen MR) is 78.6 cm³/mol. The van der Waals surface area contributed by atoms with Crippen LogP contribution < -0.4 is 0 Å². The number of rotatable bonds is 4. The number of aromatic nitrogens is 3. The Morgan fingerprint density at radius 2 is 1.86 bits per heavy atom. The topological polar surface area (TPSA) is 30.7 Å². The van der Waals surface area contributed by atoms with E-state index >= 15 is 0 Å². The normalized spacial score (nSPS) is 11.8. The van der Waals surface area contributed by atoms with Crippen LogP contribution >= 0.6 is 11.3 Å². The average Bonchev–Trinajstić information content (AvgIpc) is 3.10. The molecule has 114 valence electrons. The fraction of sp³-hybridized carbons (Fsp3) is 0.200. The van der Waals surface area contributed by atoms with E-state index in [1.807, 2.05) is 22.9 Å². The Bertz CT molecular complexity index is 733. The first-order valence-corrected chi connectivity index (χ1v) is 7.53. The first-order valence-electron chi connectivity index (χ1n) is 6.58. The van der Waals surface area contributed by atoms with E-state index in [9.17, 15) is 13.2 Å². The Balaban J connectivity index is 2.01. The molecule has 0 amide bonds. The SMILES string of the molecule is FC(F)(F)Cc1c(-c2ccccc2)nnn1Cc1ccsc1. The van der Waals surface area contributed by atoms with E-state index in [0.717, 1.165) is 5.56 Å². The molecule has 0 saturated carbocycles. The van der Waals surface area contributed by atoms with Gasteiger partial charge in [0.25, 0.3) is 0 Å². The lowest BCUT2D eigenvalue weighted by Crippen LogP contribution is -2.17. The van der Waals surface area contributed by atoms with Gasteiger partial charge in [-0.1, -0.05) is 35.5 Å². The van der Waals surface area contributed by atoms with Crippen LogP contribution in [-0.4, -0.2) is 21.2 Å². The molecule has 3 nitrogen and oxygen atoms in total. The van der Waals surface area contributed by atoms with Gasteiger partial charge in [0.05, 0.1) is 18.7 Å². The Labute approximate surface area is 129 Å². The second-order valence-corrected chi connectivity index (χ2v) is 5.61. The summed E-state index contributed by atoms with van der Waals surface area (Å²) in [5, 5.41) is 11.7. The predicted octanol–water partition coefficient (Wildman–Crippen LogP) is 4.16. The van der Waals surface area contributed by atoms with Crippen molar-refractivity contribution in [3.63, 3.8) is 0 Å². The van der Waals surface area contributed by atoms with Crippen LogP contribution in [0.5, 0.6) is 0 Å². The van der Waals surface area contributed by atoms with Gasteiger partial charge in [0.15, 0.2) is 0 Å². The lowest BCUT2D eigenvalue weighted by molar-refractivity contribution is -0.128. The van der Waals surface area contributed by atoms with Gasteiger partial charge in [-0.25, -0.2) is 4.68 Å². The highest BCUT2D eigenvalue weighted by atomic mass is 32.1. The largest absolute Gasteiger partial charge is 0.394 e. The van der Waals surface area contributed by atoms with Gasteiger partial charge in [-0.15, -0.1) is 5.10 Å². The molecule has 0 unspecified atom stereocenters. The van der Waals surface area contributed by atoms with Gasteiger partial charge in [0.2, 0.25) is 0 Å². The summed E-state index contributed by atoms with van der Waals surface area (Å²) in [6.45, 7) is 0.286. The first-order chi connectivity index (χ1) is 10.5. The van der Waals surface area contributed by atoms with Gasteiger partial charge in [-0.2, -0.15) is 24.5 Å². The molecule has 3 aromatic rings. The molecule has 0 aliphatic heterocycles. The summed E-state index contributed by atoms with van der Waals surface area (Å²) < 4.78 is 40.1. The molecule has 0 spiro atoms. The summed E-state index contributed by atoms with van der Waals surface area (Å²) in [6.07, 6.45) is -5.36. The van der Waals surface area contributed by atoms with Gasteiger partial charge in [-0.3, -0.25) is 0 Å². The Hall–Kier alpha value is -2.15. The smallest absolute Gasteiger partial charge is 0.244 e. The number of benzene rings is 1. The number of hydrogen-bond donors (Lipinski definition) is 0. The zero-order chi connectivity index (χ0) is 15.6. The molecular formula is C15H12F3N3S. The van der Waals surface area contributed by atoms with E-state index in [-0.39, 0.29) is 17.9 Å². The monoisotopic (exact) mass is 323 g/mol. The molecule has 1 aromatic carbocycles. The van der Waals surface area contributed by atoms with Crippen molar-refractivity contribution in [3.8, 4) is 11.3 Å². The summed E-state index contributed by atoms with van der Waals surface area (Å²) in [4.78, 5) is 0. The molecule has 0 N–H and O–H groups in total. The highest BCUT2D eigenvalue weighted by Gasteiger charge is 2.32. The summed E-state index contributed by atoms with van der Waals surface area (Å²) in [5.41, 5.74) is 1.93.